The van der Waals surface area contributed by atoms with Crippen LogP contribution in [0, 0.1) is 29.6 Å². The number of aliphatic hydroxyl groups is 3. The smallest absolute Gasteiger partial charge is 0.311 e. The summed E-state index contributed by atoms with van der Waals surface area (Å²) in [6.07, 6.45) is 90.5. The van der Waals surface area contributed by atoms with Gasteiger partial charge in [-0.05, 0) is 49.4 Å². The topological polar surface area (TPSA) is 105 Å². The van der Waals surface area contributed by atoms with Gasteiger partial charge in [0, 0.05) is 7.11 Å². The maximum atomic E-state index is 13.5. The van der Waals surface area contributed by atoms with Crippen LogP contribution in [-0.2, 0) is 19.0 Å². The molecule has 1 heterocycles. The molecule has 3 rings (SSSR count). The van der Waals surface area contributed by atoms with Crippen LogP contribution in [-0.4, -0.2) is 65.7 Å². The minimum Gasteiger partial charge on any atom is -0.463 e. The predicted molar refractivity (Wildman–Crippen MR) is 392 cm³/mol. The number of methoxy groups -OCH3 is 1. The van der Waals surface area contributed by atoms with Crippen LogP contribution >= 0.6 is 0 Å². The van der Waals surface area contributed by atoms with Gasteiger partial charge in [-0.3, -0.25) is 4.79 Å². The largest absolute Gasteiger partial charge is 0.463 e. The molecule has 3 N–H and O–H groups in total. The molecule has 2 aliphatic carbocycles. The second-order valence-electron chi connectivity index (χ2n) is 31.2. The Labute approximate surface area is 568 Å². The monoisotopic (exact) mass is 1280 g/mol. The molecule has 0 aromatic heterocycles. The van der Waals surface area contributed by atoms with Crippen molar-refractivity contribution in [1.29, 1.82) is 0 Å². The first-order valence-corrected chi connectivity index (χ1v) is 42.3. The summed E-state index contributed by atoms with van der Waals surface area (Å²) in [6.45, 7) is 4.44. The Kier molecular flexibility index (Phi) is 58.3. The van der Waals surface area contributed by atoms with Crippen molar-refractivity contribution in [3.8, 4) is 0 Å². The maximum absolute atomic E-state index is 13.5. The molecule has 0 aromatic rings. The fourth-order valence-corrected chi connectivity index (χ4v) is 15.9. The van der Waals surface area contributed by atoms with E-state index in [0.29, 0.717) is 12.8 Å². The van der Waals surface area contributed by atoms with Gasteiger partial charge in [0.25, 0.3) is 0 Å². The third-order valence-electron chi connectivity index (χ3n) is 22.6. The number of aliphatic hydroxyl groups excluding tert-OH is 3. The lowest BCUT2D eigenvalue weighted by Crippen LogP contribution is -2.37. The zero-order chi connectivity index (χ0) is 65.0. The third-order valence-corrected chi connectivity index (χ3v) is 22.6. The average molecular weight is 1280 g/mol. The molecule has 0 spiro atoms. The minimum atomic E-state index is -1.19. The zero-order valence-electron chi connectivity index (χ0n) is 61.7. The number of esters is 1. The fraction of sp³-hybridized carbons (Fsp3) is 0.988. The Morgan fingerprint density at radius 3 is 0.813 bits per heavy atom. The molecule has 540 valence electrons. The van der Waals surface area contributed by atoms with Gasteiger partial charge >= 0.3 is 5.97 Å². The van der Waals surface area contributed by atoms with Crippen molar-refractivity contribution in [3.63, 3.8) is 0 Å². The van der Waals surface area contributed by atoms with Crippen molar-refractivity contribution in [1.82, 2.24) is 0 Å². The van der Waals surface area contributed by atoms with Gasteiger partial charge in [0.1, 0.15) is 24.9 Å². The van der Waals surface area contributed by atoms with E-state index in [4.69, 9.17) is 14.2 Å². The molecule has 10 atom stereocenters. The van der Waals surface area contributed by atoms with E-state index in [0.717, 1.165) is 55.8 Å². The predicted octanol–water partition coefficient (Wildman–Crippen LogP) is 26.0. The Morgan fingerprint density at radius 2 is 0.571 bits per heavy atom. The molecule has 0 amide bonds. The van der Waals surface area contributed by atoms with Gasteiger partial charge in [-0.25, -0.2) is 0 Å². The van der Waals surface area contributed by atoms with Gasteiger partial charge < -0.3 is 29.5 Å². The first-order valence-electron chi connectivity index (χ1n) is 42.3. The summed E-state index contributed by atoms with van der Waals surface area (Å²) >= 11 is 0. The first-order chi connectivity index (χ1) is 44.9. The number of rotatable bonds is 74. The summed E-state index contributed by atoms with van der Waals surface area (Å²) in [5.41, 5.74) is 0. The highest BCUT2D eigenvalue weighted by molar-refractivity contribution is 5.73. The molecule has 2 unspecified atom stereocenters. The van der Waals surface area contributed by atoms with Crippen LogP contribution in [0.15, 0.2) is 0 Å². The quantitative estimate of drug-likeness (QED) is 0.0411. The highest BCUT2D eigenvalue weighted by Crippen LogP contribution is 2.47. The second kappa shape index (κ2) is 62.8. The molecule has 3 aliphatic rings. The van der Waals surface area contributed by atoms with Gasteiger partial charge in [-0.15, -0.1) is 0 Å². The van der Waals surface area contributed by atoms with E-state index < -0.39 is 42.6 Å². The van der Waals surface area contributed by atoms with Crippen molar-refractivity contribution in [2.24, 2.45) is 29.6 Å². The second-order valence-corrected chi connectivity index (χ2v) is 31.2. The average Bonchev–Trinajstić information content (AvgIpc) is 2.07. The van der Waals surface area contributed by atoms with Gasteiger partial charge in [0.2, 0.25) is 0 Å². The fourth-order valence-electron chi connectivity index (χ4n) is 15.9. The van der Waals surface area contributed by atoms with E-state index in [9.17, 15) is 20.1 Å². The molecule has 1 saturated heterocycles. The van der Waals surface area contributed by atoms with Crippen LogP contribution in [0.1, 0.15) is 457 Å². The van der Waals surface area contributed by atoms with Crippen LogP contribution in [0.25, 0.3) is 0 Å². The highest BCUT2D eigenvalue weighted by Gasteiger charge is 2.44. The molecular weight excluding hydrogens is 1120 g/mol. The molecule has 0 aromatic carbocycles. The zero-order valence-corrected chi connectivity index (χ0v) is 61.7. The molecule has 0 radical (unpaired) electrons. The van der Waals surface area contributed by atoms with E-state index in [1.807, 2.05) is 0 Å². The molecule has 91 heavy (non-hydrogen) atoms. The van der Waals surface area contributed by atoms with Gasteiger partial charge in [0.15, 0.2) is 6.29 Å². The summed E-state index contributed by atoms with van der Waals surface area (Å²) in [5, 5.41) is 32.0. The summed E-state index contributed by atoms with van der Waals surface area (Å²) < 4.78 is 16.4. The lowest BCUT2D eigenvalue weighted by atomic mass is 9.91. The Hall–Kier alpha value is -0.730. The van der Waals surface area contributed by atoms with Crippen molar-refractivity contribution in [2.45, 2.75) is 488 Å². The molecule has 1 aliphatic heterocycles. The number of hydrogen-bond acceptors (Lipinski definition) is 7. The molecule has 7 nitrogen and oxygen atoms in total. The molecular formula is C84H162O7. The number of unbranched alkanes of at least 4 members (excludes halogenated alkanes) is 57. The van der Waals surface area contributed by atoms with Crippen LogP contribution in [0.4, 0.5) is 0 Å². The van der Waals surface area contributed by atoms with E-state index >= 15 is 0 Å². The Balaban J connectivity index is 1.03. The van der Waals surface area contributed by atoms with Crippen LogP contribution in [0.3, 0.4) is 0 Å². The first kappa shape index (κ1) is 84.5. The Morgan fingerprint density at radius 1 is 0.341 bits per heavy atom. The van der Waals surface area contributed by atoms with Crippen LogP contribution in [0.5, 0.6) is 0 Å². The van der Waals surface area contributed by atoms with Crippen molar-refractivity contribution in [2.75, 3.05) is 13.7 Å². The summed E-state index contributed by atoms with van der Waals surface area (Å²) in [4.78, 5) is 13.5. The lowest BCUT2D eigenvalue weighted by Gasteiger charge is -2.23. The van der Waals surface area contributed by atoms with Gasteiger partial charge in [-0.2, -0.15) is 0 Å². The lowest BCUT2D eigenvalue weighted by molar-refractivity contribution is -0.170. The summed E-state index contributed by atoms with van der Waals surface area (Å²) in [5.74, 6) is 3.29. The van der Waals surface area contributed by atoms with Gasteiger partial charge in [-0.1, -0.05) is 431 Å². The third kappa shape index (κ3) is 49.4. The number of hydrogen-bond donors (Lipinski definition) is 3. The standard InChI is InChI=1S/C84H162O7/c1-4-6-8-10-12-14-16-18-20-22-24-25-26-27-29-31-33-39-45-51-57-63-69-78(83(88)90-73-80-81(86)82(87)84(89-3)91-80)79(85)70-64-58-52-46-40-44-50-56-62-68-77-72-76(77)67-61-55-49-43-38-35-34-37-42-48-54-60-66-75-71-74(75)65-59-53-47-41-36-32-30-28-23-21-19-17-15-13-11-9-7-5-2/h74-82,84-87H,4-73H2,1-3H3/t74-,75+,76?,77?,78-,79-,80-,81-,82+,84+/m1/s1. The van der Waals surface area contributed by atoms with Crippen molar-refractivity contribution in [3.05, 3.63) is 0 Å². The number of carbonyl (C=O) groups excluding carboxylic acids is 1. The van der Waals surface area contributed by atoms with E-state index in [-0.39, 0.29) is 6.61 Å². The summed E-state index contributed by atoms with van der Waals surface area (Å²) in [6, 6.07) is 0. The molecule has 7 heteroatoms. The van der Waals surface area contributed by atoms with E-state index in [1.54, 1.807) is 12.8 Å². The van der Waals surface area contributed by atoms with Gasteiger partial charge in [0.05, 0.1) is 12.0 Å². The van der Waals surface area contributed by atoms with Crippen LogP contribution in [0.2, 0.25) is 0 Å². The molecule has 0 bridgehead atoms. The summed E-state index contributed by atoms with van der Waals surface area (Å²) in [7, 11) is 1.42. The normalized spacial score (nSPS) is 21.1. The highest BCUT2D eigenvalue weighted by atomic mass is 16.7. The van der Waals surface area contributed by atoms with Crippen molar-refractivity contribution >= 4 is 5.97 Å². The van der Waals surface area contributed by atoms with Crippen LogP contribution < -0.4 is 0 Å². The Bertz CT molecular complexity index is 1510. The molecule has 2 saturated carbocycles. The van der Waals surface area contributed by atoms with Crippen molar-refractivity contribution < 1.29 is 34.3 Å². The minimum absolute atomic E-state index is 0.166. The number of ether oxygens (including phenoxy) is 3. The number of carbonyl (C=O) groups is 1. The SMILES string of the molecule is CCCCCCCCCCCCCCCCCCCCCCCC[C@@H](C(=O)OC[C@H]1O[C@H](OC)[C@@H](O)[C@@H]1O)[C@H](O)CCCCCCCCCCCC1CC1CCCCCCCCCCCCCC[C@H]1C[C@H]1CCCCCCCCCCCCCCCCCCCC. The van der Waals surface area contributed by atoms with E-state index in [1.165, 1.54) is 392 Å². The van der Waals surface area contributed by atoms with E-state index in [2.05, 4.69) is 13.8 Å². The molecule has 3 fully saturated rings. The maximum Gasteiger partial charge on any atom is 0.311 e.